The Morgan fingerprint density at radius 3 is 2.62 bits per heavy atom. The first-order valence-corrected chi connectivity index (χ1v) is 8.75. The number of sulfonamides is 1. The van der Waals surface area contributed by atoms with Gasteiger partial charge in [0.2, 0.25) is 10.0 Å². The van der Waals surface area contributed by atoms with E-state index in [-0.39, 0.29) is 17.5 Å². The molecule has 1 atom stereocenters. The molecule has 0 saturated carbocycles. The third kappa shape index (κ3) is 3.24. The van der Waals surface area contributed by atoms with Gasteiger partial charge < -0.3 is 10.6 Å². The number of hydrogen-bond donors (Lipinski definition) is 1. The lowest BCUT2D eigenvalue weighted by Gasteiger charge is -2.21. The summed E-state index contributed by atoms with van der Waals surface area (Å²) in [5.74, 6) is 0. The van der Waals surface area contributed by atoms with Crippen LogP contribution in [-0.2, 0) is 16.6 Å². The Hall–Kier alpha value is -0.660. The molecule has 5 nitrogen and oxygen atoms in total. The van der Waals surface area contributed by atoms with E-state index in [0.717, 1.165) is 12.0 Å². The van der Waals surface area contributed by atoms with E-state index in [1.165, 1.54) is 10.4 Å². The predicted molar refractivity (Wildman–Crippen MR) is 84.9 cm³/mol. The molecule has 0 spiro atoms. The molecule has 1 fully saturated rings. The SMILES string of the molecule is Cc1c(CN)cc(Cl)cc1S(=O)(=O)N1CCC(N(C)C)C1. The first-order valence-electron chi connectivity index (χ1n) is 6.93. The Balaban J connectivity index is 2.39. The molecule has 1 heterocycles. The van der Waals surface area contributed by atoms with Gasteiger partial charge in [-0.1, -0.05) is 11.6 Å². The first-order chi connectivity index (χ1) is 9.77. The summed E-state index contributed by atoms with van der Waals surface area (Å²) >= 11 is 6.05. The summed E-state index contributed by atoms with van der Waals surface area (Å²) < 4.78 is 27.2. The maximum Gasteiger partial charge on any atom is 0.243 e. The van der Waals surface area contributed by atoms with E-state index < -0.39 is 10.0 Å². The maximum absolute atomic E-state index is 12.9. The van der Waals surface area contributed by atoms with Crippen LogP contribution in [0.2, 0.25) is 5.02 Å². The van der Waals surface area contributed by atoms with Gasteiger partial charge in [0, 0.05) is 30.7 Å². The van der Waals surface area contributed by atoms with Crippen LogP contribution >= 0.6 is 11.6 Å². The topological polar surface area (TPSA) is 66.6 Å². The Morgan fingerprint density at radius 2 is 2.10 bits per heavy atom. The average molecular weight is 332 g/mol. The van der Waals surface area contributed by atoms with Gasteiger partial charge in [-0.3, -0.25) is 0 Å². The highest BCUT2D eigenvalue weighted by Crippen LogP contribution is 2.29. The largest absolute Gasteiger partial charge is 0.326 e. The highest BCUT2D eigenvalue weighted by molar-refractivity contribution is 7.89. The van der Waals surface area contributed by atoms with Gasteiger partial charge in [-0.2, -0.15) is 4.31 Å². The van der Waals surface area contributed by atoms with Crippen LogP contribution < -0.4 is 5.73 Å². The zero-order valence-corrected chi connectivity index (χ0v) is 14.2. The number of halogens is 1. The Morgan fingerprint density at radius 1 is 1.43 bits per heavy atom. The van der Waals surface area contributed by atoms with Gasteiger partial charge in [-0.05, 0) is 50.7 Å². The fourth-order valence-corrected chi connectivity index (χ4v) is 4.77. The Labute approximate surface area is 131 Å². The van der Waals surface area contributed by atoms with Crippen molar-refractivity contribution in [2.75, 3.05) is 27.2 Å². The van der Waals surface area contributed by atoms with Crippen LogP contribution in [0.5, 0.6) is 0 Å². The zero-order chi connectivity index (χ0) is 15.8. The third-order valence-corrected chi connectivity index (χ3v) is 6.34. The average Bonchev–Trinajstić information content (AvgIpc) is 2.91. The predicted octanol–water partition coefficient (Wildman–Crippen LogP) is 1.43. The van der Waals surface area contributed by atoms with Crippen LogP contribution in [0.3, 0.4) is 0 Å². The Bertz CT molecular complexity index is 631. The van der Waals surface area contributed by atoms with Crippen LogP contribution in [0, 0.1) is 6.92 Å². The monoisotopic (exact) mass is 331 g/mol. The number of likely N-dealkylation sites (N-methyl/N-ethyl adjacent to an activating group) is 1. The molecule has 1 aromatic rings. The molecule has 1 aromatic carbocycles. The smallest absolute Gasteiger partial charge is 0.243 e. The molecule has 2 rings (SSSR count). The summed E-state index contributed by atoms with van der Waals surface area (Å²) in [5, 5.41) is 0.406. The fraction of sp³-hybridized carbons (Fsp3) is 0.571. The molecule has 0 amide bonds. The minimum atomic E-state index is -3.52. The summed E-state index contributed by atoms with van der Waals surface area (Å²) in [4.78, 5) is 2.33. The molecule has 1 saturated heterocycles. The van der Waals surface area contributed by atoms with E-state index in [1.807, 2.05) is 14.1 Å². The van der Waals surface area contributed by atoms with Gasteiger partial charge in [-0.15, -0.1) is 0 Å². The molecule has 118 valence electrons. The van der Waals surface area contributed by atoms with Gasteiger partial charge in [0.25, 0.3) is 0 Å². The molecule has 2 N–H and O–H groups in total. The number of nitrogens with zero attached hydrogens (tertiary/aromatic N) is 2. The quantitative estimate of drug-likeness (QED) is 0.906. The van der Waals surface area contributed by atoms with Crippen molar-refractivity contribution < 1.29 is 8.42 Å². The first kappa shape index (κ1) is 16.7. The van der Waals surface area contributed by atoms with Crippen molar-refractivity contribution >= 4 is 21.6 Å². The second kappa shape index (κ2) is 6.22. The van der Waals surface area contributed by atoms with Crippen molar-refractivity contribution in [2.45, 2.75) is 30.8 Å². The molecule has 1 aliphatic heterocycles. The van der Waals surface area contributed by atoms with Crippen LogP contribution in [0.1, 0.15) is 17.5 Å². The van der Waals surface area contributed by atoms with Gasteiger partial charge in [0.1, 0.15) is 0 Å². The third-order valence-electron chi connectivity index (χ3n) is 4.13. The number of nitrogens with two attached hydrogens (primary N) is 1. The minimum Gasteiger partial charge on any atom is -0.326 e. The molecule has 0 radical (unpaired) electrons. The summed E-state index contributed by atoms with van der Waals surface area (Å²) in [7, 11) is 0.416. The molecular formula is C14H22ClN3O2S. The van der Waals surface area contributed by atoms with Crippen molar-refractivity contribution in [3.8, 4) is 0 Å². The van der Waals surface area contributed by atoms with Gasteiger partial charge in [-0.25, -0.2) is 8.42 Å². The number of hydrogen-bond acceptors (Lipinski definition) is 4. The molecule has 7 heteroatoms. The lowest BCUT2D eigenvalue weighted by Crippen LogP contribution is -2.34. The van der Waals surface area contributed by atoms with Crippen LogP contribution in [0.25, 0.3) is 0 Å². The summed E-state index contributed by atoms with van der Waals surface area (Å²) in [6, 6.07) is 3.50. The van der Waals surface area contributed by atoms with E-state index in [4.69, 9.17) is 17.3 Å². The number of rotatable bonds is 4. The zero-order valence-electron chi connectivity index (χ0n) is 12.6. The molecule has 1 unspecified atom stereocenters. The highest BCUT2D eigenvalue weighted by atomic mass is 35.5. The van der Waals surface area contributed by atoms with Gasteiger partial charge >= 0.3 is 0 Å². The van der Waals surface area contributed by atoms with Crippen molar-refractivity contribution in [2.24, 2.45) is 5.73 Å². The summed E-state index contributed by atoms with van der Waals surface area (Å²) in [6.45, 7) is 3.11. The van der Waals surface area contributed by atoms with E-state index in [9.17, 15) is 8.42 Å². The van der Waals surface area contributed by atoms with E-state index >= 15 is 0 Å². The molecule has 1 aliphatic rings. The number of benzene rings is 1. The standard InChI is InChI=1S/C14H22ClN3O2S/c1-10-11(8-16)6-12(15)7-14(10)21(19,20)18-5-4-13(9-18)17(2)3/h6-7,13H,4-5,8-9,16H2,1-3H3. The fourth-order valence-electron chi connectivity index (χ4n) is 2.68. The van der Waals surface area contributed by atoms with Gasteiger partial charge in [0.05, 0.1) is 4.90 Å². The molecule has 21 heavy (non-hydrogen) atoms. The second-order valence-electron chi connectivity index (χ2n) is 5.66. The normalized spacial score (nSPS) is 20.4. The molecule has 0 aromatic heterocycles. The lowest BCUT2D eigenvalue weighted by molar-refractivity contribution is 0.302. The minimum absolute atomic E-state index is 0.258. The van der Waals surface area contributed by atoms with Crippen molar-refractivity contribution in [1.82, 2.24) is 9.21 Å². The summed E-state index contributed by atoms with van der Waals surface area (Å²) in [6.07, 6.45) is 0.843. The van der Waals surface area contributed by atoms with Crippen LogP contribution in [-0.4, -0.2) is 50.8 Å². The Kier molecular flexibility index (Phi) is 4.95. The highest BCUT2D eigenvalue weighted by Gasteiger charge is 2.34. The molecule has 0 bridgehead atoms. The van der Waals surface area contributed by atoms with Crippen LogP contribution in [0.15, 0.2) is 17.0 Å². The summed E-state index contributed by atoms with van der Waals surface area (Å²) in [5.41, 5.74) is 7.13. The molecular weight excluding hydrogens is 310 g/mol. The van der Waals surface area contributed by atoms with E-state index in [2.05, 4.69) is 4.90 Å². The van der Waals surface area contributed by atoms with Crippen molar-refractivity contribution in [1.29, 1.82) is 0 Å². The second-order valence-corrected chi connectivity index (χ2v) is 8.00. The van der Waals surface area contributed by atoms with Crippen molar-refractivity contribution in [3.05, 3.63) is 28.3 Å². The van der Waals surface area contributed by atoms with Crippen molar-refractivity contribution in [3.63, 3.8) is 0 Å². The molecule has 0 aliphatic carbocycles. The lowest BCUT2D eigenvalue weighted by atomic mass is 10.1. The van der Waals surface area contributed by atoms with E-state index in [1.54, 1.807) is 13.0 Å². The van der Waals surface area contributed by atoms with E-state index in [0.29, 0.717) is 23.7 Å². The maximum atomic E-state index is 12.9. The van der Waals surface area contributed by atoms with Gasteiger partial charge in [0.15, 0.2) is 0 Å². The van der Waals surface area contributed by atoms with Crippen LogP contribution in [0.4, 0.5) is 0 Å².